The molecule has 0 atom stereocenters. The van der Waals surface area contributed by atoms with Gasteiger partial charge in [-0.2, -0.15) is 0 Å². The molecule has 1 aromatic carbocycles. The Balaban J connectivity index is 2.26. The highest BCUT2D eigenvalue weighted by molar-refractivity contribution is 5.85. The summed E-state index contributed by atoms with van der Waals surface area (Å²) >= 11 is 0. The number of carbonyl (C=O) groups is 1. The predicted molar refractivity (Wildman–Crippen MR) is 64.4 cm³/mol. The van der Waals surface area contributed by atoms with Gasteiger partial charge in [0.2, 0.25) is 0 Å². The Kier molecular flexibility index (Phi) is 3.37. The van der Waals surface area contributed by atoms with E-state index in [0.717, 1.165) is 0 Å². The number of hydrogen-bond donors (Lipinski definition) is 1. The molecule has 0 fully saturated rings. The Hall–Kier alpha value is -2.96. The first kappa shape index (κ1) is 12.5. The number of aromatic nitrogens is 1. The van der Waals surface area contributed by atoms with Gasteiger partial charge in [-0.3, -0.25) is 10.1 Å². The van der Waals surface area contributed by atoms with Crippen molar-refractivity contribution in [1.29, 1.82) is 0 Å². The van der Waals surface area contributed by atoms with Crippen LogP contribution in [-0.4, -0.2) is 21.0 Å². The molecule has 7 heteroatoms. The lowest BCUT2D eigenvalue weighted by Crippen LogP contribution is -1.99. The molecule has 0 saturated carbocycles. The maximum atomic E-state index is 10.7. The molecule has 0 radical (unpaired) electrons. The van der Waals surface area contributed by atoms with Crippen molar-refractivity contribution in [1.82, 2.24) is 4.98 Å². The highest BCUT2D eigenvalue weighted by atomic mass is 16.6. The number of hydrogen-bond acceptors (Lipinski definition) is 5. The lowest BCUT2D eigenvalue weighted by molar-refractivity contribution is -0.384. The summed E-state index contributed by atoms with van der Waals surface area (Å²) in [6.07, 6.45) is 1.29. The van der Waals surface area contributed by atoms with E-state index < -0.39 is 10.9 Å². The van der Waals surface area contributed by atoms with Crippen LogP contribution in [0.3, 0.4) is 0 Å². The van der Waals surface area contributed by atoms with Gasteiger partial charge in [0.15, 0.2) is 5.69 Å². The zero-order valence-electron chi connectivity index (χ0n) is 9.52. The summed E-state index contributed by atoms with van der Waals surface area (Å²) in [4.78, 5) is 24.5. The van der Waals surface area contributed by atoms with Crippen molar-refractivity contribution >= 4 is 11.7 Å². The van der Waals surface area contributed by atoms with Gasteiger partial charge in [-0.1, -0.05) is 6.07 Å². The Labute approximate surface area is 107 Å². The molecule has 2 aromatic rings. The lowest BCUT2D eigenvalue weighted by atomic mass is 10.3. The highest BCUT2D eigenvalue weighted by Gasteiger charge is 2.09. The molecule has 19 heavy (non-hydrogen) atoms. The minimum absolute atomic E-state index is 0.106. The minimum Gasteiger partial charge on any atom is -0.477 e. The summed E-state index contributed by atoms with van der Waals surface area (Å²) in [6.45, 7) is 0. The van der Waals surface area contributed by atoms with Crippen LogP contribution >= 0.6 is 0 Å². The van der Waals surface area contributed by atoms with Crippen LogP contribution in [-0.2, 0) is 0 Å². The lowest BCUT2D eigenvalue weighted by Gasteiger charge is -2.05. The van der Waals surface area contributed by atoms with Crippen molar-refractivity contribution in [2.24, 2.45) is 0 Å². The molecule has 0 amide bonds. The number of carboxylic acid groups (broad SMARTS) is 1. The summed E-state index contributed by atoms with van der Waals surface area (Å²) in [5.41, 5.74) is -0.270. The fourth-order valence-electron chi connectivity index (χ4n) is 1.39. The molecular weight excluding hydrogens is 252 g/mol. The highest BCUT2D eigenvalue weighted by Crippen LogP contribution is 2.25. The number of pyridine rings is 1. The van der Waals surface area contributed by atoms with Gasteiger partial charge < -0.3 is 9.84 Å². The summed E-state index contributed by atoms with van der Waals surface area (Å²) in [5.74, 6) is -0.686. The first-order valence-corrected chi connectivity index (χ1v) is 5.18. The summed E-state index contributed by atoms with van der Waals surface area (Å²) in [5, 5.41) is 19.4. The number of nitrogens with zero attached hydrogens (tertiary/aromatic N) is 2. The number of ether oxygens (including phenoxy) is 1. The van der Waals surface area contributed by atoms with Crippen molar-refractivity contribution in [3.63, 3.8) is 0 Å². The van der Waals surface area contributed by atoms with Gasteiger partial charge in [0.05, 0.1) is 11.0 Å². The van der Waals surface area contributed by atoms with Gasteiger partial charge in [0.25, 0.3) is 5.69 Å². The molecule has 0 aliphatic rings. The summed E-state index contributed by atoms with van der Waals surface area (Å²) in [7, 11) is 0. The van der Waals surface area contributed by atoms with Gasteiger partial charge in [-0.15, -0.1) is 0 Å². The molecule has 0 bridgehead atoms. The molecule has 7 nitrogen and oxygen atoms in total. The van der Waals surface area contributed by atoms with E-state index in [1.165, 1.54) is 42.6 Å². The van der Waals surface area contributed by atoms with E-state index in [1.54, 1.807) is 0 Å². The number of carboxylic acids is 1. The van der Waals surface area contributed by atoms with Gasteiger partial charge in [-0.25, -0.2) is 9.78 Å². The molecule has 2 rings (SSSR count). The zero-order chi connectivity index (χ0) is 13.8. The van der Waals surface area contributed by atoms with Crippen LogP contribution in [0.25, 0.3) is 0 Å². The SMILES string of the molecule is O=C(O)c1cc(Oc2cccc([N+](=O)[O-])c2)ccn1. The van der Waals surface area contributed by atoms with Crippen molar-refractivity contribution in [3.8, 4) is 11.5 Å². The number of benzene rings is 1. The second kappa shape index (κ2) is 5.13. The fraction of sp³-hybridized carbons (Fsp3) is 0. The molecule has 0 unspecified atom stereocenters. The molecule has 0 aliphatic carbocycles. The van der Waals surface area contributed by atoms with Crippen molar-refractivity contribution < 1.29 is 19.6 Å². The zero-order valence-corrected chi connectivity index (χ0v) is 9.52. The van der Waals surface area contributed by atoms with E-state index in [4.69, 9.17) is 9.84 Å². The number of rotatable bonds is 4. The largest absolute Gasteiger partial charge is 0.477 e. The quantitative estimate of drug-likeness (QED) is 0.669. The van der Waals surface area contributed by atoms with E-state index in [0.29, 0.717) is 0 Å². The molecule has 1 N–H and O–H groups in total. The minimum atomic E-state index is -1.18. The van der Waals surface area contributed by atoms with Crippen molar-refractivity contribution in [3.05, 3.63) is 58.4 Å². The first-order valence-electron chi connectivity index (χ1n) is 5.18. The van der Waals surface area contributed by atoms with Gasteiger partial charge in [0, 0.05) is 18.3 Å². The van der Waals surface area contributed by atoms with Crippen LogP contribution in [0.1, 0.15) is 10.5 Å². The third kappa shape index (κ3) is 3.03. The average molecular weight is 260 g/mol. The van der Waals surface area contributed by atoms with E-state index in [1.807, 2.05) is 0 Å². The standard InChI is InChI=1S/C12H8N2O5/c15-12(16)11-7-10(4-5-13-11)19-9-3-1-2-8(6-9)14(17)18/h1-7H,(H,15,16). The smallest absolute Gasteiger partial charge is 0.354 e. The monoisotopic (exact) mass is 260 g/mol. The van der Waals surface area contributed by atoms with Crippen LogP contribution in [0.4, 0.5) is 5.69 Å². The molecular formula is C12H8N2O5. The van der Waals surface area contributed by atoms with Gasteiger partial charge >= 0.3 is 5.97 Å². The Morgan fingerprint density at radius 1 is 1.26 bits per heavy atom. The molecule has 96 valence electrons. The second-order valence-corrected chi connectivity index (χ2v) is 3.54. The number of non-ortho nitro benzene ring substituents is 1. The predicted octanol–water partition coefficient (Wildman–Crippen LogP) is 2.48. The summed E-state index contributed by atoms with van der Waals surface area (Å²) in [6, 6.07) is 8.30. The fourth-order valence-corrected chi connectivity index (χ4v) is 1.39. The topological polar surface area (TPSA) is 103 Å². The molecule has 0 aliphatic heterocycles. The van der Waals surface area contributed by atoms with Crippen molar-refractivity contribution in [2.75, 3.05) is 0 Å². The Bertz CT molecular complexity index is 586. The third-order valence-corrected chi connectivity index (χ3v) is 2.21. The van der Waals surface area contributed by atoms with Gasteiger partial charge in [0.1, 0.15) is 11.5 Å². The van der Waals surface area contributed by atoms with Crippen molar-refractivity contribution in [2.45, 2.75) is 0 Å². The maximum Gasteiger partial charge on any atom is 0.354 e. The van der Waals surface area contributed by atoms with Crippen LogP contribution in [0.15, 0.2) is 42.6 Å². The van der Waals surface area contributed by atoms with Crippen LogP contribution in [0.2, 0.25) is 0 Å². The first-order chi connectivity index (χ1) is 9.06. The maximum absolute atomic E-state index is 10.7. The number of nitro benzene ring substituents is 1. The van der Waals surface area contributed by atoms with E-state index in [2.05, 4.69) is 4.98 Å². The van der Waals surface area contributed by atoms with Crippen LogP contribution in [0, 0.1) is 10.1 Å². The van der Waals surface area contributed by atoms with Gasteiger partial charge in [-0.05, 0) is 12.1 Å². The Morgan fingerprint density at radius 3 is 2.68 bits per heavy atom. The molecule has 0 saturated heterocycles. The Morgan fingerprint density at radius 2 is 2.00 bits per heavy atom. The van der Waals surface area contributed by atoms with E-state index in [9.17, 15) is 14.9 Å². The van der Waals surface area contributed by atoms with Crippen LogP contribution < -0.4 is 4.74 Å². The molecule has 0 spiro atoms. The van der Waals surface area contributed by atoms with E-state index in [-0.39, 0.29) is 22.9 Å². The summed E-state index contributed by atoms with van der Waals surface area (Å²) < 4.78 is 5.35. The number of aromatic carboxylic acids is 1. The van der Waals surface area contributed by atoms with Crippen LogP contribution in [0.5, 0.6) is 11.5 Å². The molecule has 1 aromatic heterocycles. The normalized spacial score (nSPS) is 9.89. The second-order valence-electron chi connectivity index (χ2n) is 3.54. The molecule has 1 heterocycles. The van der Waals surface area contributed by atoms with E-state index >= 15 is 0 Å². The number of nitro groups is 1. The third-order valence-electron chi connectivity index (χ3n) is 2.21. The average Bonchev–Trinajstić information content (AvgIpc) is 2.39.